The summed E-state index contributed by atoms with van der Waals surface area (Å²) in [4.78, 5) is 21.9. The molecule has 2 N–H and O–H groups in total. The minimum Gasteiger partial charge on any atom is -0.481 e. The lowest BCUT2D eigenvalue weighted by molar-refractivity contribution is -0.138. The van der Waals surface area contributed by atoms with Crippen molar-refractivity contribution in [3.8, 4) is 0 Å². The van der Waals surface area contributed by atoms with Gasteiger partial charge >= 0.3 is 12.1 Å². The molecule has 0 aliphatic carbocycles. The van der Waals surface area contributed by atoms with E-state index in [2.05, 4.69) is 5.32 Å². The van der Waals surface area contributed by atoms with Gasteiger partial charge in [-0.2, -0.15) is 0 Å². The second-order valence-electron chi connectivity index (χ2n) is 8.03. The van der Waals surface area contributed by atoms with Crippen molar-refractivity contribution in [2.75, 3.05) is 112 Å². The highest BCUT2D eigenvalue weighted by molar-refractivity contribution is 5.67. The molecule has 0 heterocycles. The number of hydrogen-bond donors (Lipinski definition) is 2. The number of carboxylic acids is 1. The monoisotopic (exact) mass is 575 g/mol. The molecule has 1 aromatic carbocycles. The number of alkyl carbamates (subject to hydrolysis) is 1. The summed E-state index contributed by atoms with van der Waals surface area (Å²) in [6, 6.07) is 9.48. The predicted octanol–water partition coefficient (Wildman–Crippen LogP) is 1.52. The highest BCUT2D eigenvalue weighted by Crippen LogP contribution is 2.00. The highest BCUT2D eigenvalue weighted by Gasteiger charge is 2.02. The maximum Gasteiger partial charge on any atom is 0.407 e. The summed E-state index contributed by atoms with van der Waals surface area (Å²) in [5.74, 6) is -0.877. The number of carbonyl (C=O) groups excluding carboxylic acids is 1. The van der Waals surface area contributed by atoms with Crippen LogP contribution < -0.4 is 5.32 Å². The molecule has 0 spiro atoms. The van der Waals surface area contributed by atoms with Crippen molar-refractivity contribution >= 4 is 12.1 Å². The van der Waals surface area contributed by atoms with E-state index >= 15 is 0 Å². The quantitative estimate of drug-likeness (QED) is 0.133. The number of hydrogen-bond acceptors (Lipinski definition) is 11. The third-order valence-electron chi connectivity index (χ3n) is 4.79. The third kappa shape index (κ3) is 25.9. The molecule has 0 aliphatic rings. The van der Waals surface area contributed by atoms with Crippen molar-refractivity contribution in [1.29, 1.82) is 0 Å². The number of carboxylic acid groups (broad SMARTS) is 1. The van der Waals surface area contributed by atoms with E-state index in [9.17, 15) is 9.59 Å². The van der Waals surface area contributed by atoms with Crippen LogP contribution in [0.1, 0.15) is 12.0 Å². The normalized spacial score (nSPS) is 11.0. The zero-order chi connectivity index (χ0) is 28.8. The van der Waals surface area contributed by atoms with E-state index in [1.54, 1.807) is 0 Å². The second-order valence-corrected chi connectivity index (χ2v) is 8.03. The lowest BCUT2D eigenvalue weighted by atomic mass is 10.2. The first-order valence-electron chi connectivity index (χ1n) is 13.5. The van der Waals surface area contributed by atoms with Gasteiger partial charge in [-0.1, -0.05) is 30.3 Å². The van der Waals surface area contributed by atoms with Crippen molar-refractivity contribution in [2.45, 2.75) is 13.0 Å². The maximum atomic E-state index is 11.6. The van der Waals surface area contributed by atoms with Crippen LogP contribution in [-0.2, 0) is 54.0 Å². The fourth-order valence-electron chi connectivity index (χ4n) is 2.80. The molecule has 1 aromatic rings. The molecule has 0 atom stereocenters. The number of amides is 1. The van der Waals surface area contributed by atoms with E-state index in [0.717, 1.165) is 5.56 Å². The van der Waals surface area contributed by atoms with Gasteiger partial charge < -0.3 is 53.1 Å². The van der Waals surface area contributed by atoms with Gasteiger partial charge in [0.25, 0.3) is 0 Å². The summed E-state index contributed by atoms with van der Waals surface area (Å²) in [5.41, 5.74) is 0.933. The molecule has 13 heteroatoms. The Bertz CT molecular complexity index is 710. The first-order valence-corrected chi connectivity index (χ1v) is 13.5. The number of benzene rings is 1. The topological polar surface area (TPSA) is 149 Å². The van der Waals surface area contributed by atoms with Crippen LogP contribution in [0.5, 0.6) is 0 Å². The Balaban J connectivity index is 1.66. The largest absolute Gasteiger partial charge is 0.481 e. The van der Waals surface area contributed by atoms with Gasteiger partial charge in [0.15, 0.2) is 0 Å². The molecule has 0 aromatic heterocycles. The van der Waals surface area contributed by atoms with E-state index in [-0.39, 0.29) is 19.6 Å². The molecule has 0 radical (unpaired) electrons. The van der Waals surface area contributed by atoms with E-state index in [1.165, 1.54) is 0 Å². The average Bonchev–Trinajstić information content (AvgIpc) is 2.96. The molecule has 1 rings (SSSR count). The standard InChI is InChI=1S/C27H45NO12/c29-26(30)6-8-32-10-12-34-14-16-36-18-20-38-22-23-39-21-19-37-17-15-35-13-11-33-9-7-28-27(31)40-24-25-4-2-1-3-5-25/h1-5H,6-24H2,(H,28,31)(H,29,30). The van der Waals surface area contributed by atoms with Gasteiger partial charge in [0.05, 0.1) is 112 Å². The Morgan fingerprint density at radius 1 is 0.550 bits per heavy atom. The number of aliphatic carboxylic acids is 1. The van der Waals surface area contributed by atoms with Gasteiger partial charge in [-0.3, -0.25) is 4.79 Å². The molecular formula is C27H45NO12. The lowest BCUT2D eigenvalue weighted by Crippen LogP contribution is -2.28. The zero-order valence-electron chi connectivity index (χ0n) is 23.3. The Morgan fingerprint density at radius 3 is 1.32 bits per heavy atom. The molecule has 0 saturated carbocycles. The number of carbonyl (C=O) groups is 2. The molecule has 13 nitrogen and oxygen atoms in total. The minimum atomic E-state index is -0.877. The van der Waals surface area contributed by atoms with Crippen LogP contribution >= 0.6 is 0 Å². The molecule has 40 heavy (non-hydrogen) atoms. The summed E-state index contributed by atoms with van der Waals surface area (Å²) < 4.78 is 48.0. The summed E-state index contributed by atoms with van der Waals surface area (Å²) >= 11 is 0. The first-order chi connectivity index (χ1) is 19.7. The minimum absolute atomic E-state index is 0.00521. The Morgan fingerprint density at radius 2 is 0.925 bits per heavy atom. The maximum absolute atomic E-state index is 11.6. The molecule has 0 saturated heterocycles. The zero-order valence-corrected chi connectivity index (χ0v) is 23.3. The Hall–Kier alpha value is -2.36. The van der Waals surface area contributed by atoms with E-state index in [1.807, 2.05) is 30.3 Å². The van der Waals surface area contributed by atoms with E-state index in [4.69, 9.17) is 47.7 Å². The SMILES string of the molecule is O=C(O)CCOCCOCCOCCOCCOCCOCCOCCOCCNC(=O)OCc1ccccc1. The van der Waals surface area contributed by atoms with Gasteiger partial charge in [-0.15, -0.1) is 0 Å². The third-order valence-corrected chi connectivity index (χ3v) is 4.79. The fourth-order valence-corrected chi connectivity index (χ4v) is 2.80. The van der Waals surface area contributed by atoms with Crippen molar-refractivity contribution in [3.63, 3.8) is 0 Å². The van der Waals surface area contributed by atoms with Crippen molar-refractivity contribution in [3.05, 3.63) is 35.9 Å². The Kier molecular flexibility index (Phi) is 25.1. The molecular weight excluding hydrogens is 530 g/mol. The second kappa shape index (κ2) is 28.2. The first kappa shape index (κ1) is 35.7. The van der Waals surface area contributed by atoms with Gasteiger partial charge in [-0.25, -0.2) is 4.79 Å². The molecule has 0 aliphatic heterocycles. The lowest BCUT2D eigenvalue weighted by Gasteiger charge is -2.09. The number of rotatable bonds is 29. The van der Waals surface area contributed by atoms with Crippen molar-refractivity contribution < 1.29 is 57.3 Å². The van der Waals surface area contributed by atoms with Crippen molar-refractivity contribution in [2.24, 2.45) is 0 Å². The smallest absolute Gasteiger partial charge is 0.407 e. The summed E-state index contributed by atoms with van der Waals surface area (Å²) in [7, 11) is 0. The molecule has 0 unspecified atom stereocenters. The fraction of sp³-hybridized carbons (Fsp3) is 0.704. The van der Waals surface area contributed by atoms with Crippen LogP contribution in [0.2, 0.25) is 0 Å². The van der Waals surface area contributed by atoms with E-state index < -0.39 is 12.1 Å². The highest BCUT2D eigenvalue weighted by atomic mass is 16.6. The van der Waals surface area contributed by atoms with Gasteiger partial charge in [0.2, 0.25) is 0 Å². The Labute approximate surface area is 236 Å². The molecule has 0 fully saturated rings. The van der Waals surface area contributed by atoms with E-state index in [0.29, 0.717) is 106 Å². The van der Waals surface area contributed by atoms with Crippen LogP contribution in [-0.4, -0.2) is 129 Å². The molecule has 0 bridgehead atoms. The molecule has 230 valence electrons. The van der Waals surface area contributed by atoms with Crippen LogP contribution in [0.15, 0.2) is 30.3 Å². The van der Waals surface area contributed by atoms with Gasteiger partial charge in [-0.05, 0) is 5.56 Å². The summed E-state index contributed by atoms with van der Waals surface area (Å²) in [6.45, 7) is 7.44. The average molecular weight is 576 g/mol. The van der Waals surface area contributed by atoms with Crippen LogP contribution in [0.3, 0.4) is 0 Å². The molecule has 1 amide bonds. The summed E-state index contributed by atoms with van der Waals surface area (Å²) in [5, 5.41) is 11.1. The van der Waals surface area contributed by atoms with Crippen LogP contribution in [0, 0.1) is 0 Å². The summed E-state index contributed by atoms with van der Waals surface area (Å²) in [6.07, 6.45) is -0.479. The number of ether oxygens (including phenoxy) is 9. The van der Waals surface area contributed by atoms with Crippen LogP contribution in [0.25, 0.3) is 0 Å². The van der Waals surface area contributed by atoms with Crippen molar-refractivity contribution in [1.82, 2.24) is 5.32 Å². The van der Waals surface area contributed by atoms with Crippen LogP contribution in [0.4, 0.5) is 4.79 Å². The van der Waals surface area contributed by atoms with Gasteiger partial charge in [0.1, 0.15) is 6.61 Å². The number of nitrogens with one attached hydrogen (secondary N) is 1. The van der Waals surface area contributed by atoms with Gasteiger partial charge in [0, 0.05) is 6.54 Å². The predicted molar refractivity (Wildman–Crippen MR) is 143 cm³/mol.